The van der Waals surface area contributed by atoms with Crippen LogP contribution in [0, 0.1) is 0 Å². The minimum atomic E-state index is -0.996. The molecule has 3 rings (SSSR count). The van der Waals surface area contributed by atoms with Gasteiger partial charge in [0.25, 0.3) is 0 Å². The Morgan fingerprint density at radius 1 is 0.920 bits per heavy atom. The van der Waals surface area contributed by atoms with Crippen molar-refractivity contribution >= 4 is 17.8 Å². The third-order valence-corrected chi connectivity index (χ3v) is 4.88. The maximum Gasteiger partial charge on any atom is 0.336 e. The number of carboxylic acid groups (broad SMARTS) is 1. The van der Waals surface area contributed by atoms with Gasteiger partial charge in [-0.2, -0.15) is 0 Å². The SMILES string of the molecule is O=C(C=Cc1ccccc1C(=O)O)c1ccc(C2CCCCC2)cc1. The fourth-order valence-electron chi connectivity index (χ4n) is 3.45. The lowest BCUT2D eigenvalue weighted by atomic mass is 9.84. The highest BCUT2D eigenvalue weighted by atomic mass is 16.4. The zero-order chi connectivity index (χ0) is 17.6. The molecule has 1 saturated carbocycles. The van der Waals surface area contributed by atoms with Gasteiger partial charge in [-0.25, -0.2) is 4.79 Å². The number of aromatic carboxylic acids is 1. The minimum Gasteiger partial charge on any atom is -0.478 e. The Morgan fingerprint density at radius 2 is 1.60 bits per heavy atom. The lowest BCUT2D eigenvalue weighted by Crippen LogP contribution is -2.05. The van der Waals surface area contributed by atoms with Crippen molar-refractivity contribution in [3.05, 3.63) is 76.9 Å². The van der Waals surface area contributed by atoms with Crippen molar-refractivity contribution in [3.63, 3.8) is 0 Å². The van der Waals surface area contributed by atoms with Crippen molar-refractivity contribution in [1.29, 1.82) is 0 Å². The van der Waals surface area contributed by atoms with Crippen LogP contribution in [0.2, 0.25) is 0 Å². The van der Waals surface area contributed by atoms with E-state index in [-0.39, 0.29) is 11.3 Å². The first kappa shape index (κ1) is 17.2. The number of hydrogen-bond acceptors (Lipinski definition) is 2. The Kier molecular flexibility index (Phi) is 5.44. The van der Waals surface area contributed by atoms with Crippen LogP contribution in [-0.4, -0.2) is 16.9 Å². The minimum absolute atomic E-state index is 0.115. The van der Waals surface area contributed by atoms with Gasteiger partial charge in [0.2, 0.25) is 0 Å². The third-order valence-electron chi connectivity index (χ3n) is 4.88. The average Bonchev–Trinajstić information content (AvgIpc) is 2.67. The van der Waals surface area contributed by atoms with Gasteiger partial charge in [-0.15, -0.1) is 0 Å². The molecule has 0 unspecified atom stereocenters. The van der Waals surface area contributed by atoms with E-state index in [1.54, 1.807) is 24.3 Å². The zero-order valence-electron chi connectivity index (χ0n) is 14.2. The van der Waals surface area contributed by atoms with Crippen LogP contribution in [0.25, 0.3) is 6.08 Å². The molecule has 0 atom stereocenters. The second-order valence-electron chi connectivity index (χ2n) is 6.55. The van der Waals surface area contributed by atoms with Crippen LogP contribution in [0.15, 0.2) is 54.6 Å². The van der Waals surface area contributed by atoms with Crippen LogP contribution in [-0.2, 0) is 0 Å². The first-order chi connectivity index (χ1) is 12.1. The van der Waals surface area contributed by atoms with Crippen molar-refractivity contribution in [1.82, 2.24) is 0 Å². The summed E-state index contributed by atoms with van der Waals surface area (Å²) in [5.41, 5.74) is 2.67. The lowest BCUT2D eigenvalue weighted by molar-refractivity contribution is 0.0696. The molecule has 1 aliphatic carbocycles. The number of rotatable bonds is 5. The quantitative estimate of drug-likeness (QED) is 0.594. The van der Waals surface area contributed by atoms with E-state index in [1.165, 1.54) is 49.8 Å². The maximum atomic E-state index is 12.4. The normalized spacial score (nSPS) is 15.4. The summed E-state index contributed by atoms with van der Waals surface area (Å²) in [6, 6.07) is 14.5. The van der Waals surface area contributed by atoms with Crippen molar-refractivity contribution in [3.8, 4) is 0 Å². The number of carbonyl (C=O) groups excluding carboxylic acids is 1. The molecule has 0 amide bonds. The summed E-state index contributed by atoms with van der Waals surface area (Å²) in [5, 5.41) is 9.18. The predicted molar refractivity (Wildman–Crippen MR) is 99.0 cm³/mol. The third kappa shape index (κ3) is 4.24. The van der Waals surface area contributed by atoms with Crippen molar-refractivity contribution in [2.75, 3.05) is 0 Å². The predicted octanol–water partition coefficient (Wildman–Crippen LogP) is 5.33. The standard InChI is InChI=1S/C22H22O3/c23-21(15-14-18-8-4-5-9-20(18)22(24)25)19-12-10-17(11-13-19)16-6-2-1-3-7-16/h4-5,8-16H,1-3,6-7H2,(H,24,25). The summed E-state index contributed by atoms with van der Waals surface area (Å²) in [5.74, 6) is -0.490. The second-order valence-corrected chi connectivity index (χ2v) is 6.55. The smallest absolute Gasteiger partial charge is 0.336 e. The van der Waals surface area contributed by atoms with Crippen LogP contribution < -0.4 is 0 Å². The highest BCUT2D eigenvalue weighted by molar-refractivity contribution is 6.07. The number of benzene rings is 2. The van der Waals surface area contributed by atoms with E-state index in [4.69, 9.17) is 0 Å². The van der Waals surface area contributed by atoms with E-state index in [0.29, 0.717) is 17.0 Å². The van der Waals surface area contributed by atoms with Crippen LogP contribution in [0.4, 0.5) is 0 Å². The Bertz CT molecular complexity index is 781. The van der Waals surface area contributed by atoms with E-state index >= 15 is 0 Å². The van der Waals surface area contributed by atoms with Crippen molar-refractivity contribution in [2.24, 2.45) is 0 Å². The topological polar surface area (TPSA) is 54.4 Å². The molecule has 2 aromatic rings. The van der Waals surface area contributed by atoms with E-state index in [2.05, 4.69) is 12.1 Å². The van der Waals surface area contributed by atoms with Gasteiger partial charge < -0.3 is 5.11 Å². The van der Waals surface area contributed by atoms with Crippen LogP contribution >= 0.6 is 0 Å². The molecular weight excluding hydrogens is 312 g/mol. The highest BCUT2D eigenvalue weighted by Gasteiger charge is 2.15. The molecule has 1 N–H and O–H groups in total. The fraction of sp³-hybridized carbons (Fsp3) is 0.273. The summed E-state index contributed by atoms with van der Waals surface area (Å²) in [6.45, 7) is 0. The summed E-state index contributed by atoms with van der Waals surface area (Å²) < 4.78 is 0. The number of carbonyl (C=O) groups is 2. The molecule has 25 heavy (non-hydrogen) atoms. The summed E-state index contributed by atoms with van der Waals surface area (Å²) >= 11 is 0. The molecule has 3 nitrogen and oxygen atoms in total. The van der Waals surface area contributed by atoms with Gasteiger partial charge in [0.1, 0.15) is 0 Å². The number of allylic oxidation sites excluding steroid dienone is 1. The Labute approximate surface area is 148 Å². The molecule has 1 fully saturated rings. The van der Waals surface area contributed by atoms with E-state index in [9.17, 15) is 14.7 Å². The number of carboxylic acids is 1. The van der Waals surface area contributed by atoms with Gasteiger partial charge in [0.15, 0.2) is 5.78 Å². The van der Waals surface area contributed by atoms with Gasteiger partial charge in [-0.3, -0.25) is 4.79 Å². The molecule has 0 radical (unpaired) electrons. The molecule has 1 aliphatic rings. The maximum absolute atomic E-state index is 12.4. The van der Waals surface area contributed by atoms with Crippen LogP contribution in [0.5, 0.6) is 0 Å². The van der Waals surface area contributed by atoms with E-state index in [0.717, 1.165) is 0 Å². The second kappa shape index (κ2) is 7.93. The molecule has 128 valence electrons. The largest absolute Gasteiger partial charge is 0.478 e. The fourth-order valence-corrected chi connectivity index (χ4v) is 3.45. The summed E-state index contributed by atoms with van der Waals surface area (Å²) in [7, 11) is 0. The van der Waals surface area contributed by atoms with Crippen LogP contribution in [0.1, 0.15) is 69.9 Å². The lowest BCUT2D eigenvalue weighted by Gasteiger charge is -2.21. The summed E-state index contributed by atoms with van der Waals surface area (Å²) in [6.07, 6.45) is 9.39. The Morgan fingerprint density at radius 3 is 2.28 bits per heavy atom. The first-order valence-electron chi connectivity index (χ1n) is 8.80. The number of hydrogen-bond donors (Lipinski definition) is 1. The monoisotopic (exact) mass is 334 g/mol. The van der Waals surface area contributed by atoms with Gasteiger partial charge in [0.05, 0.1) is 5.56 Å². The average molecular weight is 334 g/mol. The van der Waals surface area contributed by atoms with E-state index in [1.807, 2.05) is 12.1 Å². The molecule has 0 aromatic heterocycles. The molecule has 2 aromatic carbocycles. The number of ketones is 1. The van der Waals surface area contributed by atoms with Gasteiger partial charge >= 0.3 is 5.97 Å². The summed E-state index contributed by atoms with van der Waals surface area (Å²) in [4.78, 5) is 23.6. The van der Waals surface area contributed by atoms with Crippen molar-refractivity contribution in [2.45, 2.75) is 38.0 Å². The molecular formula is C22H22O3. The first-order valence-corrected chi connectivity index (χ1v) is 8.80. The van der Waals surface area contributed by atoms with Gasteiger partial charge in [-0.1, -0.05) is 67.8 Å². The molecule has 0 saturated heterocycles. The molecule has 0 spiro atoms. The zero-order valence-corrected chi connectivity index (χ0v) is 14.2. The van der Waals surface area contributed by atoms with Crippen LogP contribution in [0.3, 0.4) is 0 Å². The highest BCUT2D eigenvalue weighted by Crippen LogP contribution is 2.32. The van der Waals surface area contributed by atoms with Gasteiger partial charge in [0, 0.05) is 5.56 Å². The molecule has 0 heterocycles. The Hall–Kier alpha value is -2.68. The Balaban J connectivity index is 1.72. The van der Waals surface area contributed by atoms with Gasteiger partial charge in [-0.05, 0) is 42.0 Å². The van der Waals surface area contributed by atoms with Crippen molar-refractivity contribution < 1.29 is 14.7 Å². The van der Waals surface area contributed by atoms with E-state index < -0.39 is 5.97 Å². The molecule has 3 heteroatoms. The molecule has 0 aliphatic heterocycles. The molecule has 0 bridgehead atoms.